The van der Waals surface area contributed by atoms with Gasteiger partial charge < -0.3 is 5.32 Å². The van der Waals surface area contributed by atoms with Crippen molar-refractivity contribution in [3.8, 4) is 0 Å². The minimum atomic E-state index is 1.06. The lowest BCUT2D eigenvalue weighted by Gasteiger charge is -2.05. The van der Waals surface area contributed by atoms with Crippen LogP contribution in [-0.2, 0) is 6.54 Å². The van der Waals surface area contributed by atoms with Crippen LogP contribution in [0.4, 0.5) is 0 Å². The highest BCUT2D eigenvalue weighted by Gasteiger charge is 1.98. The summed E-state index contributed by atoms with van der Waals surface area (Å²) in [7, 11) is 0. The second kappa shape index (κ2) is 12.4. The number of nitrogens with one attached hydrogen (secondary N) is 1. The molecule has 1 rings (SSSR count). The highest BCUT2D eigenvalue weighted by molar-refractivity contribution is 7.10. The van der Waals surface area contributed by atoms with E-state index >= 15 is 0 Å². The summed E-state index contributed by atoms with van der Waals surface area (Å²) in [6.07, 6.45) is 14.2. The molecule has 0 aliphatic heterocycles. The Kier molecular flexibility index (Phi) is 11.0. The Morgan fingerprint density at radius 1 is 0.900 bits per heavy atom. The summed E-state index contributed by atoms with van der Waals surface area (Å²) in [6, 6.07) is 2.21. The van der Waals surface area contributed by atoms with Crippen molar-refractivity contribution in [3.63, 3.8) is 0 Å². The summed E-state index contributed by atoms with van der Waals surface area (Å²) in [4.78, 5) is 1.50. The standard InChI is InChI=1S/C18H33NS/c1-3-4-5-6-7-8-9-10-11-12-14-19-16-18-17(2)13-15-20-18/h13,15,19H,3-12,14,16H2,1-2H3. The zero-order chi connectivity index (χ0) is 14.5. The third kappa shape index (κ3) is 8.76. The maximum atomic E-state index is 3.56. The lowest BCUT2D eigenvalue weighted by Crippen LogP contribution is -2.14. The van der Waals surface area contributed by atoms with Gasteiger partial charge in [-0.1, -0.05) is 64.7 Å². The molecule has 0 aromatic carbocycles. The third-order valence-corrected chi connectivity index (χ3v) is 4.98. The smallest absolute Gasteiger partial charge is 0.0302 e. The molecule has 0 saturated carbocycles. The molecule has 1 heterocycles. The summed E-state index contributed by atoms with van der Waals surface area (Å²) < 4.78 is 0. The lowest BCUT2D eigenvalue weighted by molar-refractivity contribution is 0.544. The van der Waals surface area contributed by atoms with Gasteiger partial charge in [0.15, 0.2) is 0 Å². The lowest BCUT2D eigenvalue weighted by atomic mass is 10.1. The van der Waals surface area contributed by atoms with Crippen LogP contribution in [-0.4, -0.2) is 6.54 Å². The molecule has 2 heteroatoms. The van der Waals surface area contributed by atoms with Crippen molar-refractivity contribution in [1.29, 1.82) is 0 Å². The average Bonchev–Trinajstić information content (AvgIpc) is 2.85. The number of hydrogen-bond acceptors (Lipinski definition) is 2. The van der Waals surface area contributed by atoms with Crippen LogP contribution < -0.4 is 5.32 Å². The maximum Gasteiger partial charge on any atom is 0.0302 e. The Morgan fingerprint density at radius 2 is 1.50 bits per heavy atom. The Labute approximate surface area is 130 Å². The Morgan fingerprint density at radius 3 is 2.05 bits per heavy atom. The first-order valence-corrected chi connectivity index (χ1v) is 9.46. The minimum Gasteiger partial charge on any atom is -0.312 e. The van der Waals surface area contributed by atoms with Crippen LogP contribution in [0, 0.1) is 6.92 Å². The molecular weight excluding hydrogens is 262 g/mol. The number of unbranched alkanes of at least 4 members (excludes halogenated alkanes) is 9. The molecule has 0 aliphatic rings. The molecular formula is C18H33NS. The molecule has 0 atom stereocenters. The first-order chi connectivity index (χ1) is 9.84. The van der Waals surface area contributed by atoms with Crippen molar-refractivity contribution in [2.75, 3.05) is 6.54 Å². The second-order valence-electron chi connectivity index (χ2n) is 5.89. The topological polar surface area (TPSA) is 12.0 Å². The third-order valence-electron chi connectivity index (χ3n) is 3.96. The van der Waals surface area contributed by atoms with E-state index in [1.807, 2.05) is 11.3 Å². The van der Waals surface area contributed by atoms with Gasteiger partial charge in [0.05, 0.1) is 0 Å². The highest BCUT2D eigenvalue weighted by Crippen LogP contribution is 2.15. The molecule has 0 fully saturated rings. The van der Waals surface area contributed by atoms with Crippen molar-refractivity contribution in [3.05, 3.63) is 21.9 Å². The summed E-state index contributed by atoms with van der Waals surface area (Å²) in [5, 5.41) is 5.75. The van der Waals surface area contributed by atoms with Gasteiger partial charge in [-0.2, -0.15) is 0 Å². The van der Waals surface area contributed by atoms with Gasteiger partial charge in [0, 0.05) is 11.4 Å². The molecule has 20 heavy (non-hydrogen) atoms. The number of rotatable bonds is 13. The maximum absolute atomic E-state index is 3.56. The molecule has 1 N–H and O–H groups in total. The molecule has 0 unspecified atom stereocenters. The van der Waals surface area contributed by atoms with Crippen LogP contribution in [0.5, 0.6) is 0 Å². The normalized spacial score (nSPS) is 11.1. The van der Waals surface area contributed by atoms with Gasteiger partial charge in [-0.15, -0.1) is 11.3 Å². The molecule has 1 aromatic rings. The van der Waals surface area contributed by atoms with Gasteiger partial charge in [0.2, 0.25) is 0 Å². The summed E-state index contributed by atoms with van der Waals surface area (Å²) in [5.41, 5.74) is 1.44. The summed E-state index contributed by atoms with van der Waals surface area (Å²) >= 11 is 1.87. The van der Waals surface area contributed by atoms with Crippen LogP contribution in [0.25, 0.3) is 0 Å². The van der Waals surface area contributed by atoms with Crippen molar-refractivity contribution in [2.24, 2.45) is 0 Å². The minimum absolute atomic E-state index is 1.06. The van der Waals surface area contributed by atoms with Crippen molar-refractivity contribution < 1.29 is 0 Å². The van der Waals surface area contributed by atoms with Crippen molar-refractivity contribution >= 4 is 11.3 Å². The van der Waals surface area contributed by atoms with E-state index in [9.17, 15) is 0 Å². The first kappa shape index (κ1) is 17.7. The predicted molar refractivity (Wildman–Crippen MR) is 92.6 cm³/mol. The molecule has 1 nitrogen and oxygen atoms in total. The molecule has 1 aromatic heterocycles. The monoisotopic (exact) mass is 295 g/mol. The van der Waals surface area contributed by atoms with Crippen LogP contribution >= 0.6 is 11.3 Å². The average molecular weight is 296 g/mol. The van der Waals surface area contributed by atoms with E-state index in [2.05, 4.69) is 30.6 Å². The second-order valence-corrected chi connectivity index (χ2v) is 6.89. The number of hydrogen-bond donors (Lipinski definition) is 1. The largest absolute Gasteiger partial charge is 0.312 e. The fourth-order valence-electron chi connectivity index (χ4n) is 2.52. The fourth-order valence-corrected chi connectivity index (χ4v) is 3.40. The Hall–Kier alpha value is -0.340. The molecule has 0 spiro atoms. The van der Waals surface area contributed by atoms with E-state index in [-0.39, 0.29) is 0 Å². The van der Waals surface area contributed by atoms with E-state index in [1.165, 1.54) is 81.2 Å². The van der Waals surface area contributed by atoms with Gasteiger partial charge in [-0.05, 0) is 36.9 Å². The molecule has 0 radical (unpaired) electrons. The van der Waals surface area contributed by atoms with Crippen molar-refractivity contribution in [2.45, 2.75) is 84.6 Å². The fraction of sp³-hybridized carbons (Fsp3) is 0.778. The first-order valence-electron chi connectivity index (χ1n) is 8.58. The van der Waals surface area contributed by atoms with Crippen LogP contribution in [0.2, 0.25) is 0 Å². The van der Waals surface area contributed by atoms with E-state index < -0.39 is 0 Å². The summed E-state index contributed by atoms with van der Waals surface area (Å²) in [5.74, 6) is 0. The SMILES string of the molecule is CCCCCCCCCCCCNCc1sccc1C. The molecule has 0 aliphatic carbocycles. The Balaban J connectivity index is 1.78. The van der Waals surface area contributed by atoms with Gasteiger partial charge in [0.25, 0.3) is 0 Å². The van der Waals surface area contributed by atoms with Crippen LogP contribution in [0.3, 0.4) is 0 Å². The molecule has 0 bridgehead atoms. The van der Waals surface area contributed by atoms with Gasteiger partial charge in [-0.3, -0.25) is 0 Å². The van der Waals surface area contributed by atoms with Gasteiger partial charge in [0.1, 0.15) is 0 Å². The zero-order valence-electron chi connectivity index (χ0n) is 13.5. The Bertz CT molecular complexity index is 319. The highest BCUT2D eigenvalue weighted by atomic mass is 32.1. The predicted octanol–water partition coefficient (Wildman–Crippen LogP) is 6.07. The number of aryl methyl sites for hydroxylation is 1. The van der Waals surface area contributed by atoms with Crippen LogP contribution in [0.1, 0.15) is 81.6 Å². The van der Waals surface area contributed by atoms with E-state index in [0.717, 1.165) is 6.54 Å². The van der Waals surface area contributed by atoms with Gasteiger partial charge >= 0.3 is 0 Å². The molecule has 0 saturated heterocycles. The van der Waals surface area contributed by atoms with Crippen molar-refractivity contribution in [1.82, 2.24) is 5.32 Å². The summed E-state index contributed by atoms with van der Waals surface area (Å²) in [6.45, 7) is 6.72. The quantitative estimate of drug-likeness (QED) is 0.436. The van der Waals surface area contributed by atoms with E-state index in [1.54, 1.807) is 0 Å². The van der Waals surface area contributed by atoms with Crippen LogP contribution in [0.15, 0.2) is 11.4 Å². The van der Waals surface area contributed by atoms with E-state index in [0.29, 0.717) is 0 Å². The molecule has 0 amide bonds. The molecule has 116 valence electrons. The van der Waals surface area contributed by atoms with E-state index in [4.69, 9.17) is 0 Å². The van der Waals surface area contributed by atoms with Gasteiger partial charge in [-0.25, -0.2) is 0 Å². The zero-order valence-corrected chi connectivity index (χ0v) is 14.4. The number of thiophene rings is 1.